The maximum atomic E-state index is 5.77. The Hall–Kier alpha value is -0.760. The lowest BCUT2D eigenvalue weighted by molar-refractivity contribution is 0.270. The molecule has 1 aromatic heterocycles. The maximum absolute atomic E-state index is 5.77. The highest BCUT2D eigenvalue weighted by Gasteiger charge is 2.01. The van der Waals surface area contributed by atoms with Crippen LogP contribution in [0.3, 0.4) is 0 Å². The SMILES string of the molecule is CC(C)COc1cccnc1Cl. The summed E-state index contributed by atoms with van der Waals surface area (Å²) >= 11 is 5.77. The van der Waals surface area contributed by atoms with Crippen LogP contribution in [0.4, 0.5) is 0 Å². The van der Waals surface area contributed by atoms with Gasteiger partial charge in [-0.15, -0.1) is 0 Å². The van der Waals surface area contributed by atoms with E-state index in [2.05, 4.69) is 18.8 Å². The number of halogens is 1. The molecule has 0 aliphatic heterocycles. The molecule has 0 bridgehead atoms. The number of nitrogens with zero attached hydrogens (tertiary/aromatic N) is 1. The Bertz CT molecular complexity index is 250. The lowest BCUT2D eigenvalue weighted by Gasteiger charge is -2.08. The summed E-state index contributed by atoms with van der Waals surface area (Å²) in [5.74, 6) is 1.16. The molecular weight excluding hydrogens is 174 g/mol. The van der Waals surface area contributed by atoms with Crippen LogP contribution in [0.5, 0.6) is 5.75 Å². The first-order chi connectivity index (χ1) is 5.70. The van der Waals surface area contributed by atoms with Crippen molar-refractivity contribution < 1.29 is 4.74 Å². The summed E-state index contributed by atoms with van der Waals surface area (Å²) in [5, 5.41) is 0.429. The molecule has 0 fully saturated rings. The van der Waals surface area contributed by atoms with Gasteiger partial charge in [-0.3, -0.25) is 0 Å². The molecule has 0 aliphatic carbocycles. The minimum absolute atomic E-state index is 0.429. The van der Waals surface area contributed by atoms with Crippen LogP contribution >= 0.6 is 11.6 Å². The molecule has 0 saturated carbocycles. The van der Waals surface area contributed by atoms with Crippen LogP contribution in [0, 0.1) is 5.92 Å². The molecule has 0 aliphatic rings. The largest absolute Gasteiger partial charge is 0.490 e. The van der Waals surface area contributed by atoms with E-state index in [0.29, 0.717) is 23.4 Å². The van der Waals surface area contributed by atoms with E-state index in [0.717, 1.165) is 0 Å². The van der Waals surface area contributed by atoms with Crippen molar-refractivity contribution in [2.75, 3.05) is 6.61 Å². The Morgan fingerprint density at radius 3 is 2.92 bits per heavy atom. The Morgan fingerprint density at radius 1 is 1.58 bits per heavy atom. The number of hydrogen-bond acceptors (Lipinski definition) is 2. The fourth-order valence-electron chi connectivity index (χ4n) is 0.735. The van der Waals surface area contributed by atoms with Crippen molar-refractivity contribution in [3.63, 3.8) is 0 Å². The van der Waals surface area contributed by atoms with E-state index in [1.54, 1.807) is 6.20 Å². The monoisotopic (exact) mass is 185 g/mol. The van der Waals surface area contributed by atoms with Gasteiger partial charge in [0, 0.05) is 6.20 Å². The van der Waals surface area contributed by atoms with E-state index in [1.807, 2.05) is 12.1 Å². The van der Waals surface area contributed by atoms with Crippen molar-refractivity contribution in [2.45, 2.75) is 13.8 Å². The first kappa shape index (κ1) is 9.33. The van der Waals surface area contributed by atoms with Crippen LogP contribution in [-0.4, -0.2) is 11.6 Å². The fourth-order valence-corrected chi connectivity index (χ4v) is 0.909. The fraction of sp³-hybridized carbons (Fsp3) is 0.444. The maximum Gasteiger partial charge on any atom is 0.171 e. The van der Waals surface area contributed by atoms with Crippen molar-refractivity contribution >= 4 is 11.6 Å². The molecule has 0 atom stereocenters. The summed E-state index contributed by atoms with van der Waals surface area (Å²) in [6.07, 6.45) is 1.64. The molecule has 66 valence electrons. The zero-order valence-electron chi connectivity index (χ0n) is 7.25. The van der Waals surface area contributed by atoms with Gasteiger partial charge in [-0.25, -0.2) is 4.98 Å². The highest BCUT2D eigenvalue weighted by Crippen LogP contribution is 2.20. The molecule has 0 amide bonds. The van der Waals surface area contributed by atoms with Gasteiger partial charge in [0.15, 0.2) is 10.9 Å². The van der Waals surface area contributed by atoms with Gasteiger partial charge >= 0.3 is 0 Å². The Kier molecular flexibility index (Phi) is 3.35. The third-order valence-corrected chi connectivity index (χ3v) is 1.58. The molecule has 2 nitrogen and oxygen atoms in total. The van der Waals surface area contributed by atoms with Crippen LogP contribution in [0.1, 0.15) is 13.8 Å². The van der Waals surface area contributed by atoms with Gasteiger partial charge in [-0.1, -0.05) is 25.4 Å². The summed E-state index contributed by atoms with van der Waals surface area (Å²) in [6, 6.07) is 3.62. The van der Waals surface area contributed by atoms with Crippen LogP contribution in [0.2, 0.25) is 5.15 Å². The Balaban J connectivity index is 2.57. The first-order valence-corrected chi connectivity index (χ1v) is 4.31. The molecular formula is C9H12ClNO. The number of ether oxygens (including phenoxy) is 1. The van der Waals surface area contributed by atoms with E-state index in [4.69, 9.17) is 16.3 Å². The molecule has 3 heteroatoms. The number of aromatic nitrogens is 1. The molecule has 12 heavy (non-hydrogen) atoms. The summed E-state index contributed by atoms with van der Waals surface area (Å²) < 4.78 is 5.40. The third kappa shape index (κ3) is 2.70. The summed E-state index contributed by atoms with van der Waals surface area (Å²) in [7, 11) is 0. The predicted octanol–water partition coefficient (Wildman–Crippen LogP) is 2.77. The van der Waals surface area contributed by atoms with Crippen LogP contribution in [0.15, 0.2) is 18.3 Å². The molecule has 0 unspecified atom stereocenters. The topological polar surface area (TPSA) is 22.1 Å². The molecule has 0 N–H and O–H groups in total. The van der Waals surface area contributed by atoms with Crippen LogP contribution < -0.4 is 4.74 Å². The lowest BCUT2D eigenvalue weighted by atomic mass is 10.2. The highest BCUT2D eigenvalue weighted by molar-refractivity contribution is 6.30. The zero-order chi connectivity index (χ0) is 8.97. The molecule has 0 aromatic carbocycles. The van der Waals surface area contributed by atoms with E-state index in [1.165, 1.54) is 0 Å². The Labute approximate surface area is 77.5 Å². The summed E-state index contributed by atoms with van der Waals surface area (Å²) in [5.41, 5.74) is 0. The summed E-state index contributed by atoms with van der Waals surface area (Å²) in [4.78, 5) is 3.90. The second-order valence-electron chi connectivity index (χ2n) is 3.00. The van der Waals surface area contributed by atoms with Crippen molar-refractivity contribution in [1.82, 2.24) is 4.98 Å². The predicted molar refractivity (Wildman–Crippen MR) is 49.6 cm³/mol. The van der Waals surface area contributed by atoms with Gasteiger partial charge in [0.2, 0.25) is 0 Å². The number of pyridine rings is 1. The zero-order valence-corrected chi connectivity index (χ0v) is 8.01. The number of rotatable bonds is 3. The van der Waals surface area contributed by atoms with Gasteiger partial charge < -0.3 is 4.74 Å². The Morgan fingerprint density at radius 2 is 2.33 bits per heavy atom. The lowest BCUT2D eigenvalue weighted by Crippen LogP contribution is -2.04. The number of hydrogen-bond donors (Lipinski definition) is 0. The standard InChI is InChI=1S/C9H12ClNO/c1-7(2)6-12-8-4-3-5-11-9(8)10/h3-5,7H,6H2,1-2H3. The van der Waals surface area contributed by atoms with Crippen molar-refractivity contribution in [2.24, 2.45) is 5.92 Å². The van der Waals surface area contributed by atoms with Crippen molar-refractivity contribution in [3.8, 4) is 5.75 Å². The second-order valence-corrected chi connectivity index (χ2v) is 3.36. The van der Waals surface area contributed by atoms with Gasteiger partial charge in [0.25, 0.3) is 0 Å². The third-order valence-electron chi connectivity index (χ3n) is 1.30. The van der Waals surface area contributed by atoms with Gasteiger partial charge in [-0.05, 0) is 18.1 Å². The van der Waals surface area contributed by atoms with E-state index >= 15 is 0 Å². The van der Waals surface area contributed by atoms with Crippen molar-refractivity contribution in [1.29, 1.82) is 0 Å². The smallest absolute Gasteiger partial charge is 0.171 e. The van der Waals surface area contributed by atoms with Crippen molar-refractivity contribution in [3.05, 3.63) is 23.5 Å². The van der Waals surface area contributed by atoms with E-state index in [9.17, 15) is 0 Å². The average Bonchev–Trinajstić information content (AvgIpc) is 2.03. The van der Waals surface area contributed by atoms with Gasteiger partial charge in [-0.2, -0.15) is 0 Å². The molecule has 0 spiro atoms. The van der Waals surface area contributed by atoms with Gasteiger partial charge in [0.05, 0.1) is 6.61 Å². The quantitative estimate of drug-likeness (QED) is 0.676. The molecule has 1 aromatic rings. The average molecular weight is 186 g/mol. The first-order valence-electron chi connectivity index (χ1n) is 3.93. The molecule has 1 heterocycles. The highest BCUT2D eigenvalue weighted by atomic mass is 35.5. The van der Waals surface area contributed by atoms with E-state index in [-0.39, 0.29) is 0 Å². The minimum Gasteiger partial charge on any atom is -0.490 e. The normalized spacial score (nSPS) is 10.3. The van der Waals surface area contributed by atoms with Crippen LogP contribution in [-0.2, 0) is 0 Å². The van der Waals surface area contributed by atoms with E-state index < -0.39 is 0 Å². The molecule has 0 radical (unpaired) electrons. The van der Waals surface area contributed by atoms with Crippen LogP contribution in [0.25, 0.3) is 0 Å². The van der Waals surface area contributed by atoms with Gasteiger partial charge in [0.1, 0.15) is 0 Å². The second kappa shape index (κ2) is 4.31. The molecule has 0 saturated heterocycles. The minimum atomic E-state index is 0.429. The summed E-state index contributed by atoms with van der Waals surface area (Å²) in [6.45, 7) is 4.85. The molecule has 1 rings (SSSR count).